The Hall–Kier alpha value is -3.04. The smallest absolute Gasteiger partial charge is 0.234 e. The number of carbonyl (C=O) groups excluding carboxylic acids is 2. The number of anilines is 2. The zero-order valence-electron chi connectivity index (χ0n) is 18.7. The molecule has 0 aliphatic heterocycles. The van der Waals surface area contributed by atoms with E-state index in [0.717, 1.165) is 11.3 Å². The summed E-state index contributed by atoms with van der Waals surface area (Å²) in [5.41, 5.74) is 2.28. The average Bonchev–Trinajstić information content (AvgIpc) is 3.17. The number of nitrogens with zero attached hydrogens (tertiary/aromatic N) is 3. The van der Waals surface area contributed by atoms with E-state index in [0.29, 0.717) is 40.5 Å². The van der Waals surface area contributed by atoms with Crippen molar-refractivity contribution < 1.29 is 14.3 Å². The first-order chi connectivity index (χ1) is 15.9. The number of halogens is 1. The Morgan fingerprint density at radius 1 is 1.06 bits per heavy atom. The first-order valence-electron chi connectivity index (χ1n) is 10.5. The highest BCUT2D eigenvalue weighted by Gasteiger charge is 2.16. The summed E-state index contributed by atoms with van der Waals surface area (Å²) in [6.45, 7) is 6.92. The molecule has 3 rings (SSSR count). The third-order valence-electron chi connectivity index (χ3n) is 4.68. The van der Waals surface area contributed by atoms with Crippen LogP contribution in [0.3, 0.4) is 0 Å². The van der Waals surface area contributed by atoms with Crippen molar-refractivity contribution in [2.24, 2.45) is 0 Å². The number of rotatable bonds is 10. The molecule has 0 aliphatic rings. The number of thioether (sulfide) groups is 1. The molecule has 1 aromatic heterocycles. The number of ether oxygens (including phenoxy) is 1. The van der Waals surface area contributed by atoms with Crippen LogP contribution in [0.5, 0.6) is 5.75 Å². The fourth-order valence-electron chi connectivity index (χ4n) is 3.07. The summed E-state index contributed by atoms with van der Waals surface area (Å²) in [4.78, 5) is 24.9. The minimum Gasteiger partial charge on any atom is -0.494 e. The fourth-order valence-corrected chi connectivity index (χ4v) is 4.06. The van der Waals surface area contributed by atoms with Gasteiger partial charge in [0.1, 0.15) is 11.6 Å². The Balaban J connectivity index is 1.57. The minimum absolute atomic E-state index is 0.0719. The van der Waals surface area contributed by atoms with Crippen molar-refractivity contribution in [3.8, 4) is 5.75 Å². The lowest BCUT2D eigenvalue weighted by Crippen LogP contribution is -2.18. The fraction of sp³-hybridized carbons (Fsp3) is 0.304. The molecule has 0 spiro atoms. The molecular formula is C23H26ClN5O3S. The van der Waals surface area contributed by atoms with Crippen molar-refractivity contribution in [3.05, 3.63) is 58.9 Å². The van der Waals surface area contributed by atoms with E-state index in [-0.39, 0.29) is 24.0 Å². The summed E-state index contributed by atoms with van der Waals surface area (Å²) in [6.07, 6.45) is 0.0719. The molecule has 10 heteroatoms. The molecule has 2 N–H and O–H groups in total. The highest BCUT2D eigenvalue weighted by atomic mass is 35.5. The molecule has 0 unspecified atom stereocenters. The molecule has 2 aromatic carbocycles. The lowest BCUT2D eigenvalue weighted by atomic mass is 10.2. The van der Waals surface area contributed by atoms with Crippen LogP contribution in [0.2, 0.25) is 5.02 Å². The van der Waals surface area contributed by atoms with Crippen molar-refractivity contribution in [1.29, 1.82) is 0 Å². The minimum atomic E-state index is -0.202. The van der Waals surface area contributed by atoms with Crippen LogP contribution in [-0.2, 0) is 22.6 Å². The highest BCUT2D eigenvalue weighted by Crippen LogP contribution is 2.22. The van der Waals surface area contributed by atoms with Gasteiger partial charge in [0.25, 0.3) is 0 Å². The first kappa shape index (κ1) is 24.6. The predicted molar refractivity (Wildman–Crippen MR) is 131 cm³/mol. The summed E-state index contributed by atoms with van der Waals surface area (Å²) in [5, 5.41) is 15.2. The number of nitrogens with one attached hydrogen (secondary N) is 2. The Morgan fingerprint density at radius 2 is 1.82 bits per heavy atom. The van der Waals surface area contributed by atoms with Gasteiger partial charge < -0.3 is 19.9 Å². The Bertz CT molecular complexity index is 1120. The summed E-state index contributed by atoms with van der Waals surface area (Å²) in [6, 6.07) is 12.5. The number of aryl methyl sites for hydroxylation is 1. The van der Waals surface area contributed by atoms with E-state index in [1.165, 1.54) is 11.8 Å². The zero-order valence-corrected chi connectivity index (χ0v) is 20.3. The Labute approximate surface area is 202 Å². The SMILES string of the molecule is CCOc1ccc(NC(=O)Cc2nnc(SCC(=O)Nc3cc(Cl)ccc3C)n2CC)cc1. The van der Waals surface area contributed by atoms with Crippen LogP contribution in [0, 0.1) is 6.92 Å². The van der Waals surface area contributed by atoms with Gasteiger partial charge in [-0.15, -0.1) is 10.2 Å². The van der Waals surface area contributed by atoms with E-state index < -0.39 is 0 Å². The third kappa shape index (κ3) is 6.97. The predicted octanol–water partition coefficient (Wildman–Crippen LogP) is 4.57. The second kappa shape index (κ2) is 11.7. The molecule has 174 valence electrons. The number of amides is 2. The van der Waals surface area contributed by atoms with E-state index >= 15 is 0 Å². The van der Waals surface area contributed by atoms with Gasteiger partial charge in [0.15, 0.2) is 5.16 Å². The van der Waals surface area contributed by atoms with Crippen LogP contribution in [0.15, 0.2) is 47.6 Å². The van der Waals surface area contributed by atoms with Crippen molar-refractivity contribution >= 4 is 46.6 Å². The number of benzene rings is 2. The molecule has 0 radical (unpaired) electrons. The molecule has 3 aromatic rings. The molecular weight excluding hydrogens is 462 g/mol. The lowest BCUT2D eigenvalue weighted by Gasteiger charge is -2.10. The van der Waals surface area contributed by atoms with Crippen molar-refractivity contribution in [3.63, 3.8) is 0 Å². The van der Waals surface area contributed by atoms with Gasteiger partial charge in [-0.05, 0) is 62.7 Å². The van der Waals surface area contributed by atoms with E-state index in [2.05, 4.69) is 20.8 Å². The number of aromatic nitrogens is 3. The summed E-state index contributed by atoms with van der Waals surface area (Å²) in [5.74, 6) is 1.06. The quantitative estimate of drug-likeness (QED) is 0.406. The molecule has 0 atom stereocenters. The van der Waals surface area contributed by atoms with E-state index in [1.54, 1.807) is 36.4 Å². The lowest BCUT2D eigenvalue weighted by molar-refractivity contribution is -0.116. The summed E-state index contributed by atoms with van der Waals surface area (Å²) >= 11 is 7.28. The third-order valence-corrected chi connectivity index (χ3v) is 5.89. The number of hydrogen-bond acceptors (Lipinski definition) is 6. The van der Waals surface area contributed by atoms with Crippen LogP contribution in [0.25, 0.3) is 0 Å². The van der Waals surface area contributed by atoms with Gasteiger partial charge in [0.2, 0.25) is 11.8 Å². The molecule has 2 amide bonds. The first-order valence-corrected chi connectivity index (χ1v) is 11.9. The number of carbonyl (C=O) groups is 2. The molecule has 0 saturated carbocycles. The topological polar surface area (TPSA) is 98.1 Å². The Kier molecular flexibility index (Phi) is 8.73. The summed E-state index contributed by atoms with van der Waals surface area (Å²) < 4.78 is 7.24. The molecule has 0 saturated heterocycles. The maximum atomic E-state index is 12.5. The molecule has 33 heavy (non-hydrogen) atoms. The van der Waals surface area contributed by atoms with Crippen molar-refractivity contribution in [1.82, 2.24) is 14.8 Å². The van der Waals surface area contributed by atoms with Gasteiger partial charge in [-0.1, -0.05) is 29.4 Å². The van der Waals surface area contributed by atoms with E-state index in [9.17, 15) is 9.59 Å². The van der Waals surface area contributed by atoms with Gasteiger partial charge >= 0.3 is 0 Å². The van der Waals surface area contributed by atoms with Crippen LogP contribution >= 0.6 is 23.4 Å². The molecule has 1 heterocycles. The second-order valence-electron chi connectivity index (χ2n) is 7.12. The molecule has 0 bridgehead atoms. The van der Waals surface area contributed by atoms with E-state index in [4.69, 9.17) is 16.3 Å². The summed E-state index contributed by atoms with van der Waals surface area (Å²) in [7, 11) is 0. The monoisotopic (exact) mass is 487 g/mol. The Morgan fingerprint density at radius 3 is 2.52 bits per heavy atom. The maximum absolute atomic E-state index is 12.5. The highest BCUT2D eigenvalue weighted by molar-refractivity contribution is 7.99. The number of hydrogen-bond donors (Lipinski definition) is 2. The largest absolute Gasteiger partial charge is 0.494 e. The van der Waals surface area contributed by atoms with Crippen LogP contribution < -0.4 is 15.4 Å². The molecule has 8 nitrogen and oxygen atoms in total. The normalized spacial score (nSPS) is 10.7. The van der Waals surface area contributed by atoms with Crippen LogP contribution in [0.4, 0.5) is 11.4 Å². The maximum Gasteiger partial charge on any atom is 0.234 e. The second-order valence-corrected chi connectivity index (χ2v) is 8.50. The van der Waals surface area contributed by atoms with Gasteiger partial charge in [-0.25, -0.2) is 0 Å². The van der Waals surface area contributed by atoms with Gasteiger partial charge in [-0.2, -0.15) is 0 Å². The average molecular weight is 488 g/mol. The molecule has 0 aliphatic carbocycles. The van der Waals surface area contributed by atoms with Crippen molar-refractivity contribution in [2.45, 2.75) is 38.9 Å². The zero-order chi connectivity index (χ0) is 23.8. The standard InChI is InChI=1S/C23H26ClN5O3S/c1-4-29-20(13-21(30)25-17-8-10-18(11-9-17)32-5-2)27-28-23(29)33-14-22(31)26-19-12-16(24)7-6-15(19)3/h6-12H,4-5,13-14H2,1-3H3,(H,25,30)(H,26,31). The molecule has 0 fully saturated rings. The van der Waals surface area contributed by atoms with Gasteiger partial charge in [-0.3, -0.25) is 9.59 Å². The van der Waals surface area contributed by atoms with Crippen LogP contribution in [0.1, 0.15) is 25.2 Å². The van der Waals surface area contributed by atoms with Gasteiger partial charge in [0.05, 0.1) is 18.8 Å². The van der Waals surface area contributed by atoms with Gasteiger partial charge in [0, 0.05) is 22.9 Å². The van der Waals surface area contributed by atoms with E-state index in [1.807, 2.05) is 31.4 Å². The van der Waals surface area contributed by atoms with Crippen LogP contribution in [-0.4, -0.2) is 38.9 Å². The van der Waals surface area contributed by atoms with Crippen molar-refractivity contribution in [2.75, 3.05) is 23.0 Å².